The number of halogens is 2. The molecule has 0 fully saturated rings. The molecule has 0 aromatic carbocycles. The number of fused-ring (bicyclic) bond motifs is 1. The molecule has 0 radical (unpaired) electrons. The molecule has 2 rings (SSSR count). The van der Waals surface area contributed by atoms with Gasteiger partial charge in [0.15, 0.2) is 5.82 Å². The average Bonchev–Trinajstić information content (AvgIpc) is 2.84. The Hall–Kier alpha value is -1.58. The zero-order valence-corrected chi connectivity index (χ0v) is 10.7. The van der Waals surface area contributed by atoms with Crippen LogP contribution in [0.3, 0.4) is 0 Å². The van der Waals surface area contributed by atoms with Gasteiger partial charge in [-0.1, -0.05) is 0 Å². The number of nitrogens with two attached hydrogens (primary N) is 1. The Labute approximate surface area is 111 Å². The Morgan fingerprint density at radius 1 is 1.47 bits per heavy atom. The van der Waals surface area contributed by atoms with Gasteiger partial charge in [0.25, 0.3) is 6.43 Å². The number of thiophene rings is 1. The molecule has 0 saturated carbocycles. The van der Waals surface area contributed by atoms with Crippen molar-refractivity contribution in [2.75, 3.05) is 30.0 Å². The van der Waals surface area contributed by atoms with E-state index >= 15 is 0 Å². The summed E-state index contributed by atoms with van der Waals surface area (Å²) >= 11 is 1.35. The maximum Gasteiger partial charge on any atom is 0.255 e. The van der Waals surface area contributed by atoms with E-state index in [0.717, 1.165) is 0 Å². The number of nitrogens with one attached hydrogen (secondary N) is 1. The van der Waals surface area contributed by atoms with E-state index in [1.807, 2.05) is 0 Å². The standard InChI is InChI=1S/C10H13F2N5OS/c11-7(12)5-17(2-3-18)9-8-6(1-4-19-8)14-10(15-9)16-13/h1,4,7,18H,2-3,5,13H2,(H,14,15,16). The third kappa shape index (κ3) is 3.06. The van der Waals surface area contributed by atoms with E-state index in [2.05, 4.69) is 15.4 Å². The van der Waals surface area contributed by atoms with Crippen molar-refractivity contribution in [2.24, 2.45) is 5.84 Å². The maximum absolute atomic E-state index is 12.6. The molecule has 0 atom stereocenters. The van der Waals surface area contributed by atoms with Crippen LogP contribution >= 0.6 is 11.3 Å². The zero-order chi connectivity index (χ0) is 13.8. The molecular weight excluding hydrogens is 276 g/mol. The van der Waals surface area contributed by atoms with Gasteiger partial charge in [0, 0.05) is 6.54 Å². The van der Waals surface area contributed by atoms with Crippen LogP contribution in [0.2, 0.25) is 0 Å². The summed E-state index contributed by atoms with van der Waals surface area (Å²) < 4.78 is 25.9. The first-order valence-electron chi connectivity index (χ1n) is 5.51. The molecule has 4 N–H and O–H groups in total. The number of rotatable bonds is 6. The number of nitrogen functional groups attached to an aromatic ring is 1. The van der Waals surface area contributed by atoms with Crippen molar-refractivity contribution >= 4 is 33.3 Å². The van der Waals surface area contributed by atoms with Crippen LogP contribution in [0, 0.1) is 0 Å². The summed E-state index contributed by atoms with van der Waals surface area (Å²) in [5, 5.41) is 10.8. The van der Waals surface area contributed by atoms with Gasteiger partial charge in [0.05, 0.1) is 23.4 Å². The maximum atomic E-state index is 12.6. The lowest BCUT2D eigenvalue weighted by Crippen LogP contribution is -2.32. The molecule has 0 saturated heterocycles. The van der Waals surface area contributed by atoms with E-state index in [9.17, 15) is 8.78 Å². The normalized spacial score (nSPS) is 11.2. The Morgan fingerprint density at radius 3 is 2.89 bits per heavy atom. The van der Waals surface area contributed by atoms with Crippen molar-refractivity contribution in [2.45, 2.75) is 6.43 Å². The fourth-order valence-electron chi connectivity index (χ4n) is 1.70. The fraction of sp³-hybridized carbons (Fsp3) is 0.400. The topological polar surface area (TPSA) is 87.3 Å². The highest BCUT2D eigenvalue weighted by Gasteiger charge is 2.18. The summed E-state index contributed by atoms with van der Waals surface area (Å²) in [6, 6.07) is 1.76. The third-order valence-electron chi connectivity index (χ3n) is 2.44. The Bertz CT molecular complexity index is 550. The quantitative estimate of drug-likeness (QED) is 0.544. The molecule has 0 aliphatic heterocycles. The number of hydrogen-bond donors (Lipinski definition) is 3. The second kappa shape index (κ2) is 6.04. The Morgan fingerprint density at radius 2 is 2.26 bits per heavy atom. The van der Waals surface area contributed by atoms with E-state index in [1.54, 1.807) is 11.4 Å². The number of anilines is 2. The van der Waals surface area contributed by atoms with Gasteiger partial charge in [0.2, 0.25) is 5.95 Å². The molecule has 0 bridgehead atoms. The lowest BCUT2D eigenvalue weighted by atomic mass is 10.4. The second-order valence-electron chi connectivity index (χ2n) is 3.71. The van der Waals surface area contributed by atoms with Crippen molar-refractivity contribution < 1.29 is 13.9 Å². The first-order chi connectivity index (χ1) is 9.15. The Balaban J connectivity index is 2.46. The predicted molar refractivity (Wildman–Crippen MR) is 70.5 cm³/mol. The predicted octanol–water partition coefficient (Wildman–Crippen LogP) is 1.04. The molecule has 0 amide bonds. The van der Waals surface area contributed by atoms with E-state index in [-0.39, 0.29) is 19.1 Å². The summed E-state index contributed by atoms with van der Waals surface area (Å²) in [5.74, 6) is 5.77. The molecule has 2 aromatic rings. The highest BCUT2D eigenvalue weighted by Crippen LogP contribution is 2.30. The van der Waals surface area contributed by atoms with Crippen molar-refractivity contribution in [3.05, 3.63) is 11.4 Å². The first-order valence-corrected chi connectivity index (χ1v) is 6.39. The number of aliphatic hydroxyl groups excluding tert-OH is 1. The molecule has 2 aromatic heterocycles. The molecule has 0 spiro atoms. The summed E-state index contributed by atoms with van der Waals surface area (Å²) in [4.78, 5) is 9.56. The van der Waals surface area contributed by atoms with Crippen LogP contribution in [0.15, 0.2) is 11.4 Å². The van der Waals surface area contributed by atoms with Crippen LogP contribution in [-0.2, 0) is 0 Å². The summed E-state index contributed by atoms with van der Waals surface area (Å²) in [7, 11) is 0. The van der Waals surface area contributed by atoms with Gasteiger partial charge in [-0.2, -0.15) is 4.98 Å². The third-order valence-corrected chi connectivity index (χ3v) is 3.34. The summed E-state index contributed by atoms with van der Waals surface area (Å²) in [6.07, 6.45) is -2.52. The van der Waals surface area contributed by atoms with Crippen LogP contribution in [0.25, 0.3) is 10.2 Å². The van der Waals surface area contributed by atoms with E-state index in [4.69, 9.17) is 10.9 Å². The molecule has 0 aliphatic rings. The second-order valence-corrected chi connectivity index (χ2v) is 4.63. The van der Waals surface area contributed by atoms with Crippen LogP contribution in [-0.4, -0.2) is 41.2 Å². The SMILES string of the molecule is NNc1nc(N(CCO)CC(F)F)c2sccc2n1. The number of nitrogens with zero attached hydrogens (tertiary/aromatic N) is 3. The van der Waals surface area contributed by atoms with Gasteiger partial charge in [-0.05, 0) is 11.4 Å². The molecule has 0 aliphatic carbocycles. The molecule has 9 heteroatoms. The van der Waals surface area contributed by atoms with Crippen molar-refractivity contribution in [3.8, 4) is 0 Å². The molecule has 6 nitrogen and oxygen atoms in total. The van der Waals surface area contributed by atoms with Crippen LogP contribution < -0.4 is 16.2 Å². The highest BCUT2D eigenvalue weighted by molar-refractivity contribution is 7.17. The minimum absolute atomic E-state index is 0.0678. The molecule has 0 unspecified atom stereocenters. The van der Waals surface area contributed by atoms with Crippen LogP contribution in [0.4, 0.5) is 20.5 Å². The summed E-state index contributed by atoms with van der Waals surface area (Å²) in [6.45, 7) is -0.679. The monoisotopic (exact) mass is 289 g/mol. The first kappa shape index (κ1) is 13.8. The molecule has 104 valence electrons. The lowest BCUT2D eigenvalue weighted by Gasteiger charge is -2.23. The van der Waals surface area contributed by atoms with Gasteiger partial charge in [-0.3, -0.25) is 5.43 Å². The summed E-state index contributed by atoms with van der Waals surface area (Å²) in [5.41, 5.74) is 2.93. The number of aromatic nitrogens is 2. The largest absolute Gasteiger partial charge is 0.395 e. The minimum Gasteiger partial charge on any atom is -0.395 e. The van der Waals surface area contributed by atoms with Crippen molar-refractivity contribution in [1.82, 2.24) is 9.97 Å². The van der Waals surface area contributed by atoms with E-state index in [0.29, 0.717) is 16.0 Å². The van der Waals surface area contributed by atoms with Crippen molar-refractivity contribution in [1.29, 1.82) is 0 Å². The number of alkyl halides is 2. The molecule has 2 heterocycles. The Kier molecular flexibility index (Phi) is 4.40. The van der Waals surface area contributed by atoms with E-state index in [1.165, 1.54) is 16.2 Å². The highest BCUT2D eigenvalue weighted by atomic mass is 32.1. The minimum atomic E-state index is -2.52. The lowest BCUT2D eigenvalue weighted by molar-refractivity contribution is 0.152. The average molecular weight is 289 g/mol. The van der Waals surface area contributed by atoms with Crippen LogP contribution in [0.5, 0.6) is 0 Å². The van der Waals surface area contributed by atoms with Gasteiger partial charge >= 0.3 is 0 Å². The van der Waals surface area contributed by atoms with Gasteiger partial charge in [-0.25, -0.2) is 19.6 Å². The molecule has 19 heavy (non-hydrogen) atoms. The number of hydrazine groups is 1. The zero-order valence-electron chi connectivity index (χ0n) is 9.88. The van der Waals surface area contributed by atoms with Gasteiger partial charge in [0.1, 0.15) is 0 Å². The van der Waals surface area contributed by atoms with Crippen LogP contribution in [0.1, 0.15) is 0 Å². The van der Waals surface area contributed by atoms with Gasteiger partial charge in [-0.15, -0.1) is 11.3 Å². The van der Waals surface area contributed by atoms with Crippen molar-refractivity contribution in [3.63, 3.8) is 0 Å². The number of hydrogen-bond acceptors (Lipinski definition) is 7. The molecular formula is C10H13F2N5OS. The van der Waals surface area contributed by atoms with Gasteiger partial charge < -0.3 is 10.0 Å². The fourth-order valence-corrected chi connectivity index (χ4v) is 2.55. The number of aliphatic hydroxyl groups is 1. The van der Waals surface area contributed by atoms with E-state index < -0.39 is 13.0 Å². The smallest absolute Gasteiger partial charge is 0.255 e.